The lowest BCUT2D eigenvalue weighted by molar-refractivity contribution is -0.137. The fourth-order valence-electron chi connectivity index (χ4n) is 7.23. The van der Waals surface area contributed by atoms with Gasteiger partial charge in [-0.05, 0) is 92.0 Å². The van der Waals surface area contributed by atoms with Crippen LogP contribution in [0, 0.1) is 17.6 Å². The topological polar surface area (TPSA) is 172 Å². The SMILES string of the molecule is CC(C)[C@H](NC(=O)CCCCCN1C(=O)C=CC1=O)C(=O)NCC(=O)Nc1ccc(COC(=O)N(c2ccc(F)c(F)c2)c2ccc3c4c(n(C)c3n2)CCCC4)cc1.[HH].[HH].[HH]. The number of imide groups is 1. The van der Waals surface area contributed by atoms with Gasteiger partial charge in [-0.3, -0.25) is 28.9 Å². The second-order valence-corrected chi connectivity index (χ2v) is 14.9. The number of nitrogens with one attached hydrogen (secondary N) is 3. The number of benzene rings is 2. The maximum Gasteiger partial charge on any atom is 0.420 e. The summed E-state index contributed by atoms with van der Waals surface area (Å²) in [5.41, 5.74) is 4.10. The lowest BCUT2D eigenvalue weighted by atomic mass is 9.96. The molecule has 0 saturated carbocycles. The summed E-state index contributed by atoms with van der Waals surface area (Å²) in [6.07, 6.45) is 7.42. The normalized spacial score (nSPS) is 14.0. The van der Waals surface area contributed by atoms with Gasteiger partial charge in [0.05, 0.1) is 12.2 Å². The number of nitrogens with zero attached hydrogens (tertiary/aromatic N) is 4. The molecule has 1 atom stereocenters. The molecular formula is C43H53F2N7O7. The van der Waals surface area contributed by atoms with Crippen LogP contribution < -0.4 is 20.9 Å². The van der Waals surface area contributed by atoms with Crippen molar-refractivity contribution < 1.29 is 46.6 Å². The molecule has 6 amide bonds. The summed E-state index contributed by atoms with van der Waals surface area (Å²) in [7, 11) is 1.93. The number of amides is 6. The van der Waals surface area contributed by atoms with Gasteiger partial charge in [-0.1, -0.05) is 32.4 Å². The second-order valence-electron chi connectivity index (χ2n) is 14.9. The fraction of sp³-hybridized carbons (Fsp3) is 0.372. The summed E-state index contributed by atoms with van der Waals surface area (Å²) in [6, 6.07) is 12.3. The molecule has 3 heterocycles. The van der Waals surface area contributed by atoms with E-state index in [1.165, 1.54) is 29.5 Å². The zero-order valence-corrected chi connectivity index (χ0v) is 33.2. The Hall–Kier alpha value is -6.45. The molecule has 6 rings (SSSR count). The third-order valence-corrected chi connectivity index (χ3v) is 10.4. The molecule has 2 aliphatic rings. The van der Waals surface area contributed by atoms with Crippen LogP contribution in [0.3, 0.4) is 0 Å². The lowest BCUT2D eigenvalue weighted by Crippen LogP contribution is -2.51. The van der Waals surface area contributed by atoms with Crippen LogP contribution in [0.4, 0.5) is 30.8 Å². The molecule has 2 aromatic carbocycles. The number of fused-ring (bicyclic) bond motifs is 3. The minimum Gasteiger partial charge on any atom is -0.444 e. The predicted molar refractivity (Wildman–Crippen MR) is 222 cm³/mol. The molecule has 0 unspecified atom stereocenters. The Morgan fingerprint density at radius 3 is 2.34 bits per heavy atom. The minimum atomic E-state index is -1.13. The summed E-state index contributed by atoms with van der Waals surface area (Å²) in [5, 5.41) is 8.96. The van der Waals surface area contributed by atoms with Crippen molar-refractivity contribution in [3.8, 4) is 0 Å². The average Bonchev–Trinajstić information content (AvgIpc) is 3.70. The van der Waals surface area contributed by atoms with E-state index in [9.17, 15) is 37.5 Å². The van der Waals surface area contributed by atoms with Gasteiger partial charge in [-0.2, -0.15) is 0 Å². The van der Waals surface area contributed by atoms with Crippen molar-refractivity contribution in [2.45, 2.75) is 77.9 Å². The van der Waals surface area contributed by atoms with E-state index >= 15 is 0 Å². The largest absolute Gasteiger partial charge is 0.444 e. The van der Waals surface area contributed by atoms with Gasteiger partial charge < -0.3 is 25.3 Å². The van der Waals surface area contributed by atoms with Crippen LogP contribution in [0.2, 0.25) is 0 Å². The highest BCUT2D eigenvalue weighted by molar-refractivity contribution is 6.12. The van der Waals surface area contributed by atoms with Crippen molar-refractivity contribution in [3.05, 3.63) is 95.2 Å². The third-order valence-electron chi connectivity index (χ3n) is 10.4. The lowest BCUT2D eigenvalue weighted by Gasteiger charge is -2.22. The highest BCUT2D eigenvalue weighted by atomic mass is 19.2. The smallest absolute Gasteiger partial charge is 0.420 e. The van der Waals surface area contributed by atoms with Crippen molar-refractivity contribution >= 4 is 63.9 Å². The molecule has 16 heteroatoms. The summed E-state index contributed by atoms with van der Waals surface area (Å²) in [4.78, 5) is 82.2. The van der Waals surface area contributed by atoms with Gasteiger partial charge in [0.1, 0.15) is 24.1 Å². The number of hydrogen-bond donors (Lipinski definition) is 3. The van der Waals surface area contributed by atoms with Crippen molar-refractivity contribution in [1.29, 1.82) is 0 Å². The van der Waals surface area contributed by atoms with Gasteiger partial charge in [-0.15, -0.1) is 0 Å². The molecule has 59 heavy (non-hydrogen) atoms. The molecule has 1 aliphatic carbocycles. The first kappa shape index (κ1) is 42.2. The van der Waals surface area contributed by atoms with Crippen molar-refractivity contribution in [2.24, 2.45) is 13.0 Å². The molecule has 0 radical (unpaired) electrons. The second kappa shape index (κ2) is 18.9. The van der Waals surface area contributed by atoms with E-state index in [1.807, 2.05) is 17.7 Å². The van der Waals surface area contributed by atoms with Gasteiger partial charge in [0.15, 0.2) is 11.6 Å². The van der Waals surface area contributed by atoms with Crippen LogP contribution in [0.1, 0.15) is 73.5 Å². The summed E-state index contributed by atoms with van der Waals surface area (Å²) >= 11 is 0. The van der Waals surface area contributed by atoms with E-state index in [-0.39, 0.29) is 65.5 Å². The number of ether oxygens (including phenoxy) is 1. The number of unbranched alkanes of at least 4 members (excludes halogenated alkanes) is 2. The first-order chi connectivity index (χ1) is 28.3. The summed E-state index contributed by atoms with van der Waals surface area (Å²) in [5.74, 6) is -4.33. The Morgan fingerprint density at radius 2 is 1.63 bits per heavy atom. The maximum atomic E-state index is 14.4. The zero-order valence-electron chi connectivity index (χ0n) is 33.2. The first-order valence-corrected chi connectivity index (χ1v) is 19.7. The number of anilines is 3. The molecule has 0 saturated heterocycles. The van der Waals surface area contributed by atoms with Crippen molar-refractivity contribution in [1.82, 2.24) is 25.1 Å². The number of aromatic nitrogens is 2. The minimum absolute atomic E-state index is 0. The maximum absolute atomic E-state index is 14.4. The number of carbonyl (C=O) groups excluding carboxylic acids is 6. The van der Waals surface area contributed by atoms with Gasteiger partial charge in [0.25, 0.3) is 11.8 Å². The van der Waals surface area contributed by atoms with Crippen LogP contribution in [-0.2, 0) is 55.2 Å². The Kier molecular flexibility index (Phi) is 13.5. The molecule has 0 bridgehead atoms. The van der Waals surface area contributed by atoms with Crippen molar-refractivity contribution in [3.63, 3.8) is 0 Å². The summed E-state index contributed by atoms with van der Waals surface area (Å²) < 4.78 is 36.0. The average molecular weight is 818 g/mol. The zero-order chi connectivity index (χ0) is 42.2. The van der Waals surface area contributed by atoms with E-state index in [4.69, 9.17) is 9.72 Å². The number of carbonyl (C=O) groups is 6. The van der Waals surface area contributed by atoms with Crippen molar-refractivity contribution in [2.75, 3.05) is 23.3 Å². The van der Waals surface area contributed by atoms with E-state index in [2.05, 4.69) is 16.0 Å². The molecule has 3 N–H and O–H groups in total. The predicted octanol–water partition coefficient (Wildman–Crippen LogP) is 6.62. The quantitative estimate of drug-likeness (QED) is 0.0836. The Balaban J connectivity index is 0.00000341. The molecule has 1 aliphatic heterocycles. The van der Waals surface area contributed by atoms with Gasteiger partial charge in [-0.25, -0.2) is 23.5 Å². The highest BCUT2D eigenvalue weighted by Crippen LogP contribution is 2.34. The monoisotopic (exact) mass is 817 g/mol. The molecular weight excluding hydrogens is 765 g/mol. The van der Waals surface area contributed by atoms with E-state index in [1.54, 1.807) is 44.2 Å². The van der Waals surface area contributed by atoms with E-state index < -0.39 is 35.6 Å². The number of aryl methyl sites for hydroxylation is 2. The molecule has 0 fully saturated rings. The molecule has 0 spiro atoms. The molecule has 4 aromatic rings. The van der Waals surface area contributed by atoms with Crippen LogP contribution in [0.5, 0.6) is 0 Å². The van der Waals surface area contributed by atoms with Gasteiger partial charge >= 0.3 is 6.09 Å². The standard InChI is InChI=1S/C43H47F2N7O7.3H2/c1-26(2)40(49-36(53)11-5-4-8-22-51-38(55)20-21-39(51)56)42(57)46-24-37(54)47-28-14-12-27(13-15-28)25-59-43(58)52(29-16-18-32(44)33(45)23-29)35-19-17-31-30-9-6-7-10-34(30)50(3)41(31)48-35;;;/h12-21,23,26,40H,4-11,22,24-25H2,1-3H3,(H,46,57)(H,47,54)(H,49,53);3*1H/t40-;;;/m0.../s1. The first-order valence-electron chi connectivity index (χ1n) is 19.7. The Bertz CT molecular complexity index is 2290. The van der Waals surface area contributed by atoms with Crippen LogP contribution >= 0.6 is 0 Å². The number of halogens is 2. The van der Waals surface area contributed by atoms with Crippen LogP contribution in [0.15, 0.2) is 66.7 Å². The third kappa shape index (κ3) is 10.2. The molecule has 316 valence electrons. The van der Waals surface area contributed by atoms with Gasteiger partial charge in [0.2, 0.25) is 17.7 Å². The molecule has 14 nitrogen and oxygen atoms in total. The van der Waals surface area contributed by atoms with Gasteiger partial charge in [0, 0.05) is 59.3 Å². The Morgan fingerprint density at radius 1 is 0.898 bits per heavy atom. The Labute approximate surface area is 344 Å². The number of pyridine rings is 1. The van der Waals surface area contributed by atoms with Crippen LogP contribution in [-0.4, -0.2) is 69.2 Å². The number of hydrogen-bond acceptors (Lipinski definition) is 8. The van der Waals surface area contributed by atoms with Crippen LogP contribution in [0.25, 0.3) is 11.0 Å². The summed E-state index contributed by atoms with van der Waals surface area (Å²) in [6.45, 7) is 3.27. The van der Waals surface area contributed by atoms with E-state index in [0.717, 1.165) is 53.0 Å². The highest BCUT2D eigenvalue weighted by Gasteiger charge is 2.27. The fourth-order valence-corrected chi connectivity index (χ4v) is 7.23. The number of rotatable bonds is 16. The molecule has 2 aromatic heterocycles. The van der Waals surface area contributed by atoms with E-state index in [0.29, 0.717) is 36.2 Å².